The molecular weight excluding hydrogens is 456 g/mol. The Hall–Kier alpha value is -3.17. The molecule has 3 saturated heterocycles. The Labute approximate surface area is 212 Å². The molecule has 36 heavy (non-hydrogen) atoms. The highest BCUT2D eigenvalue weighted by atomic mass is 16.5. The molecular formula is C27H34N6O3. The second kappa shape index (κ2) is 9.37. The lowest BCUT2D eigenvalue weighted by molar-refractivity contribution is -0.132. The summed E-state index contributed by atoms with van der Waals surface area (Å²) in [5.74, 6) is 2.02. The molecule has 2 aromatic rings. The number of nitrogens with zero attached hydrogens (tertiary/aromatic N) is 5. The first-order valence-electron chi connectivity index (χ1n) is 12.9. The minimum absolute atomic E-state index is 0.0241. The highest BCUT2D eigenvalue weighted by molar-refractivity contribution is 5.87. The SMILES string of the molecule is C=CC(=O)N1CC(N2CC[C@H](c3cc4c(c(C)n3)O[C@@H](C)c3c(N5CCOCC5)ccnc3N4)C2)C1. The molecule has 0 unspecified atom stereocenters. The number of rotatable bonds is 4. The summed E-state index contributed by atoms with van der Waals surface area (Å²) in [4.78, 5) is 28.2. The lowest BCUT2D eigenvalue weighted by Gasteiger charge is -2.43. The van der Waals surface area contributed by atoms with Gasteiger partial charge in [-0.15, -0.1) is 0 Å². The van der Waals surface area contributed by atoms with Gasteiger partial charge in [-0.3, -0.25) is 14.7 Å². The number of hydrogen-bond donors (Lipinski definition) is 1. The minimum Gasteiger partial charge on any atom is -0.482 e. The number of aromatic nitrogens is 2. The van der Waals surface area contributed by atoms with Crippen LogP contribution in [0.1, 0.15) is 42.3 Å². The predicted molar refractivity (Wildman–Crippen MR) is 138 cm³/mol. The third kappa shape index (κ3) is 4.10. The second-order valence-corrected chi connectivity index (χ2v) is 10.2. The van der Waals surface area contributed by atoms with E-state index in [0.717, 1.165) is 98.8 Å². The van der Waals surface area contributed by atoms with Crippen molar-refractivity contribution in [1.82, 2.24) is 19.8 Å². The number of amides is 1. The second-order valence-electron chi connectivity index (χ2n) is 10.2. The van der Waals surface area contributed by atoms with Gasteiger partial charge in [-0.2, -0.15) is 0 Å². The summed E-state index contributed by atoms with van der Waals surface area (Å²) in [6.07, 6.45) is 4.17. The number of pyridine rings is 2. The third-order valence-electron chi connectivity index (χ3n) is 7.94. The molecule has 0 spiro atoms. The van der Waals surface area contributed by atoms with Crippen molar-refractivity contribution in [2.24, 2.45) is 0 Å². The maximum atomic E-state index is 11.8. The van der Waals surface area contributed by atoms with Crippen molar-refractivity contribution in [2.75, 3.05) is 62.7 Å². The number of ether oxygens (including phenoxy) is 2. The average Bonchev–Trinajstić information content (AvgIpc) is 3.29. The van der Waals surface area contributed by atoms with Gasteiger partial charge < -0.3 is 24.6 Å². The van der Waals surface area contributed by atoms with E-state index in [1.807, 2.05) is 18.0 Å². The first-order chi connectivity index (χ1) is 17.5. The van der Waals surface area contributed by atoms with Gasteiger partial charge in [0.05, 0.1) is 30.2 Å². The summed E-state index contributed by atoms with van der Waals surface area (Å²) in [7, 11) is 0. The maximum absolute atomic E-state index is 11.8. The van der Waals surface area contributed by atoms with Gasteiger partial charge in [0.1, 0.15) is 11.9 Å². The Morgan fingerprint density at radius 1 is 1.22 bits per heavy atom. The fourth-order valence-corrected chi connectivity index (χ4v) is 5.90. The highest BCUT2D eigenvalue weighted by Gasteiger charge is 2.38. The number of fused-ring (bicyclic) bond motifs is 2. The molecule has 3 fully saturated rings. The average molecular weight is 491 g/mol. The Bertz CT molecular complexity index is 1170. The van der Waals surface area contributed by atoms with Crippen molar-refractivity contribution >= 4 is 23.1 Å². The largest absolute Gasteiger partial charge is 0.482 e. The monoisotopic (exact) mass is 490 g/mol. The molecule has 0 saturated carbocycles. The number of morpholine rings is 1. The van der Waals surface area contributed by atoms with Crippen molar-refractivity contribution in [3.05, 3.63) is 47.9 Å². The quantitative estimate of drug-likeness (QED) is 0.655. The summed E-state index contributed by atoms with van der Waals surface area (Å²) in [5, 5.41) is 3.60. The number of likely N-dealkylation sites (tertiary alicyclic amines) is 2. The molecule has 0 aromatic carbocycles. The Morgan fingerprint density at radius 2 is 2.03 bits per heavy atom. The molecule has 2 atom stereocenters. The van der Waals surface area contributed by atoms with Crippen molar-refractivity contribution in [3.8, 4) is 5.75 Å². The lowest BCUT2D eigenvalue weighted by Crippen LogP contribution is -2.60. The number of anilines is 3. The van der Waals surface area contributed by atoms with Crippen molar-refractivity contribution < 1.29 is 14.3 Å². The number of aryl methyl sites for hydroxylation is 1. The van der Waals surface area contributed by atoms with E-state index >= 15 is 0 Å². The molecule has 0 bridgehead atoms. The van der Waals surface area contributed by atoms with Crippen LogP contribution in [0.3, 0.4) is 0 Å². The predicted octanol–water partition coefficient (Wildman–Crippen LogP) is 3.00. The molecule has 9 heteroatoms. The van der Waals surface area contributed by atoms with Crippen LogP contribution in [0.15, 0.2) is 31.0 Å². The van der Waals surface area contributed by atoms with E-state index in [-0.39, 0.29) is 12.0 Å². The van der Waals surface area contributed by atoms with Crippen LogP contribution in [0.4, 0.5) is 17.2 Å². The van der Waals surface area contributed by atoms with E-state index in [1.165, 1.54) is 6.08 Å². The van der Waals surface area contributed by atoms with E-state index < -0.39 is 0 Å². The summed E-state index contributed by atoms with van der Waals surface area (Å²) in [6, 6.07) is 4.66. The van der Waals surface area contributed by atoms with Gasteiger partial charge in [-0.25, -0.2) is 4.98 Å². The standard InChI is InChI=1S/C27H34N6O3/c1-4-24(34)33-15-20(16-33)32-8-6-19(14-32)21-13-22-26(17(2)29-21)36-18(3)25-23(5-7-28-27(25)30-22)31-9-11-35-12-10-31/h4-5,7,13,18-20H,1,6,8-12,14-16H2,2-3H3,(H,28,30)/t18-,19-/m0/s1. The van der Waals surface area contributed by atoms with Crippen LogP contribution in [0, 0.1) is 6.92 Å². The molecule has 6 heterocycles. The lowest BCUT2D eigenvalue weighted by atomic mass is 10.0. The number of carbonyl (C=O) groups is 1. The van der Waals surface area contributed by atoms with Crippen LogP contribution in [-0.4, -0.2) is 84.2 Å². The molecule has 6 rings (SSSR count). The number of carbonyl (C=O) groups excluding carboxylic acids is 1. The zero-order valence-corrected chi connectivity index (χ0v) is 21.1. The molecule has 1 N–H and O–H groups in total. The van der Waals surface area contributed by atoms with Gasteiger partial charge in [-0.05, 0) is 45.0 Å². The molecule has 0 radical (unpaired) electrons. The van der Waals surface area contributed by atoms with E-state index in [1.54, 1.807) is 0 Å². The van der Waals surface area contributed by atoms with Crippen LogP contribution in [0.5, 0.6) is 5.75 Å². The van der Waals surface area contributed by atoms with E-state index in [2.05, 4.69) is 40.8 Å². The first kappa shape index (κ1) is 23.2. The first-order valence-corrected chi connectivity index (χ1v) is 12.9. The van der Waals surface area contributed by atoms with Gasteiger partial charge in [0.15, 0.2) is 5.75 Å². The fourth-order valence-electron chi connectivity index (χ4n) is 5.90. The summed E-state index contributed by atoms with van der Waals surface area (Å²) >= 11 is 0. The summed E-state index contributed by atoms with van der Waals surface area (Å²) in [5.41, 5.74) is 5.14. The molecule has 4 aliphatic heterocycles. The summed E-state index contributed by atoms with van der Waals surface area (Å²) in [6.45, 7) is 14.4. The van der Waals surface area contributed by atoms with Crippen molar-refractivity contribution in [1.29, 1.82) is 0 Å². The van der Waals surface area contributed by atoms with Crippen molar-refractivity contribution in [2.45, 2.75) is 38.3 Å². The van der Waals surface area contributed by atoms with Gasteiger partial charge in [0.25, 0.3) is 0 Å². The highest BCUT2D eigenvalue weighted by Crippen LogP contribution is 2.44. The fraction of sp³-hybridized carbons (Fsp3) is 0.519. The Morgan fingerprint density at radius 3 is 2.81 bits per heavy atom. The van der Waals surface area contributed by atoms with Crippen LogP contribution < -0.4 is 15.0 Å². The molecule has 4 aliphatic rings. The molecule has 9 nitrogen and oxygen atoms in total. The zero-order valence-electron chi connectivity index (χ0n) is 21.1. The smallest absolute Gasteiger partial charge is 0.246 e. The zero-order chi connectivity index (χ0) is 24.8. The van der Waals surface area contributed by atoms with Crippen LogP contribution in [-0.2, 0) is 9.53 Å². The molecule has 0 aliphatic carbocycles. The van der Waals surface area contributed by atoms with Crippen LogP contribution in [0.2, 0.25) is 0 Å². The van der Waals surface area contributed by atoms with Gasteiger partial charge >= 0.3 is 0 Å². The van der Waals surface area contributed by atoms with Crippen LogP contribution >= 0.6 is 0 Å². The number of hydrogen-bond acceptors (Lipinski definition) is 8. The molecule has 2 aromatic heterocycles. The Balaban J connectivity index is 1.23. The van der Waals surface area contributed by atoms with E-state index in [9.17, 15) is 4.79 Å². The maximum Gasteiger partial charge on any atom is 0.246 e. The topological polar surface area (TPSA) is 83.1 Å². The summed E-state index contributed by atoms with van der Waals surface area (Å²) < 4.78 is 12.1. The van der Waals surface area contributed by atoms with Crippen LogP contribution in [0.25, 0.3) is 0 Å². The molecule has 1 amide bonds. The van der Waals surface area contributed by atoms with E-state index in [4.69, 9.17) is 19.4 Å². The molecule has 190 valence electrons. The van der Waals surface area contributed by atoms with E-state index in [0.29, 0.717) is 12.0 Å². The van der Waals surface area contributed by atoms with Gasteiger partial charge in [0, 0.05) is 62.3 Å². The van der Waals surface area contributed by atoms with Gasteiger partial charge in [-0.1, -0.05) is 6.58 Å². The third-order valence-corrected chi connectivity index (χ3v) is 7.94. The van der Waals surface area contributed by atoms with Gasteiger partial charge in [0.2, 0.25) is 5.91 Å². The minimum atomic E-state index is -0.159. The van der Waals surface area contributed by atoms with Crippen molar-refractivity contribution in [3.63, 3.8) is 0 Å². The number of nitrogens with one attached hydrogen (secondary N) is 1. The normalized spacial score (nSPS) is 24.2. The Kier molecular flexibility index (Phi) is 6.05.